The second-order valence-electron chi connectivity index (χ2n) is 7.36. The number of piperazine rings is 1. The second-order valence-corrected chi connectivity index (χ2v) is 7.36. The summed E-state index contributed by atoms with van der Waals surface area (Å²) >= 11 is 0. The minimum Gasteiger partial charge on any atom is -0.497 e. The molecular weight excluding hydrogens is 495 g/mol. The molecule has 0 unspecified atom stereocenters. The summed E-state index contributed by atoms with van der Waals surface area (Å²) in [7, 11) is 1.70. The van der Waals surface area contributed by atoms with Gasteiger partial charge in [0, 0.05) is 56.8 Å². The van der Waals surface area contributed by atoms with E-state index in [2.05, 4.69) is 58.2 Å². The lowest BCUT2D eigenvalue weighted by Gasteiger charge is -2.37. The van der Waals surface area contributed by atoms with Crippen LogP contribution in [-0.4, -0.2) is 67.4 Å². The first-order valence-corrected chi connectivity index (χ1v) is 10.4. The number of hydrogen-bond donors (Lipinski definition) is 1. The molecule has 0 spiro atoms. The highest BCUT2D eigenvalue weighted by molar-refractivity contribution is 14.0. The van der Waals surface area contributed by atoms with Crippen LogP contribution < -0.4 is 15.0 Å². The maximum atomic E-state index is 5.35. The van der Waals surface area contributed by atoms with Crippen molar-refractivity contribution >= 4 is 35.6 Å². The number of guanidine groups is 1. The van der Waals surface area contributed by atoms with Gasteiger partial charge in [0.25, 0.3) is 0 Å². The molecule has 1 aliphatic heterocycles. The SMILES string of the molecule is CCNC(=NCCc1nc(C(C)C)no1)N1CCN(c2cccc(OC)c2)CC1.I. The molecule has 0 amide bonds. The third kappa shape index (κ3) is 6.48. The van der Waals surface area contributed by atoms with E-state index in [9.17, 15) is 0 Å². The fourth-order valence-electron chi connectivity index (χ4n) is 3.27. The predicted molar refractivity (Wildman–Crippen MR) is 130 cm³/mol. The summed E-state index contributed by atoms with van der Waals surface area (Å²) in [6.07, 6.45) is 0.651. The number of ether oxygens (including phenoxy) is 1. The Labute approximate surface area is 196 Å². The Hall–Kier alpha value is -2.04. The normalized spacial score (nSPS) is 14.6. The first-order chi connectivity index (χ1) is 14.1. The van der Waals surface area contributed by atoms with Gasteiger partial charge in [-0.25, -0.2) is 0 Å². The number of anilines is 1. The molecule has 1 aliphatic rings. The van der Waals surface area contributed by atoms with Crippen molar-refractivity contribution in [1.29, 1.82) is 0 Å². The third-order valence-electron chi connectivity index (χ3n) is 4.92. The van der Waals surface area contributed by atoms with Crippen molar-refractivity contribution in [2.45, 2.75) is 33.1 Å². The molecule has 0 radical (unpaired) electrons. The average molecular weight is 528 g/mol. The summed E-state index contributed by atoms with van der Waals surface area (Å²) in [6, 6.07) is 8.23. The van der Waals surface area contributed by atoms with Crippen LogP contribution in [0.1, 0.15) is 38.4 Å². The number of methoxy groups -OCH3 is 1. The molecule has 0 aliphatic carbocycles. The largest absolute Gasteiger partial charge is 0.497 e. The van der Waals surface area contributed by atoms with Crippen molar-refractivity contribution < 1.29 is 9.26 Å². The van der Waals surface area contributed by atoms with Crippen LogP contribution in [0.5, 0.6) is 5.75 Å². The van der Waals surface area contributed by atoms with E-state index in [1.165, 1.54) is 5.69 Å². The van der Waals surface area contributed by atoms with Crippen LogP contribution in [0.2, 0.25) is 0 Å². The van der Waals surface area contributed by atoms with E-state index in [0.29, 0.717) is 18.9 Å². The van der Waals surface area contributed by atoms with Crippen LogP contribution in [0.3, 0.4) is 0 Å². The molecule has 0 saturated carbocycles. The van der Waals surface area contributed by atoms with Gasteiger partial charge in [-0.15, -0.1) is 24.0 Å². The molecule has 0 atom stereocenters. The van der Waals surface area contributed by atoms with E-state index in [1.807, 2.05) is 12.1 Å². The predicted octanol–water partition coefficient (Wildman–Crippen LogP) is 3.15. The molecule has 0 bridgehead atoms. The molecule has 2 heterocycles. The van der Waals surface area contributed by atoms with Crippen molar-refractivity contribution in [3.8, 4) is 5.75 Å². The zero-order valence-electron chi connectivity index (χ0n) is 18.3. The van der Waals surface area contributed by atoms with E-state index >= 15 is 0 Å². The van der Waals surface area contributed by atoms with Crippen LogP contribution in [0.15, 0.2) is 33.8 Å². The number of aliphatic imine (C=N–C) groups is 1. The van der Waals surface area contributed by atoms with E-state index in [1.54, 1.807) is 7.11 Å². The lowest BCUT2D eigenvalue weighted by Crippen LogP contribution is -2.52. The summed E-state index contributed by atoms with van der Waals surface area (Å²) in [4.78, 5) is 13.9. The Morgan fingerprint density at radius 1 is 1.27 bits per heavy atom. The number of nitrogens with one attached hydrogen (secondary N) is 1. The van der Waals surface area contributed by atoms with Gasteiger partial charge in [-0.3, -0.25) is 4.99 Å². The van der Waals surface area contributed by atoms with E-state index < -0.39 is 0 Å². The zero-order chi connectivity index (χ0) is 20.6. The average Bonchev–Trinajstić information content (AvgIpc) is 3.23. The lowest BCUT2D eigenvalue weighted by molar-refractivity contribution is 0.366. The second kappa shape index (κ2) is 12.0. The Bertz CT molecular complexity index is 802. The summed E-state index contributed by atoms with van der Waals surface area (Å²) in [6.45, 7) is 11.4. The molecule has 1 N–H and O–H groups in total. The van der Waals surface area contributed by atoms with Crippen molar-refractivity contribution in [3.63, 3.8) is 0 Å². The summed E-state index contributed by atoms with van der Waals surface area (Å²) in [5.41, 5.74) is 1.20. The van der Waals surface area contributed by atoms with Crippen LogP contribution in [-0.2, 0) is 6.42 Å². The third-order valence-corrected chi connectivity index (χ3v) is 4.92. The monoisotopic (exact) mass is 528 g/mol. The number of aromatic nitrogens is 2. The van der Waals surface area contributed by atoms with E-state index in [0.717, 1.165) is 50.3 Å². The van der Waals surface area contributed by atoms with Gasteiger partial charge in [-0.1, -0.05) is 25.1 Å². The van der Waals surface area contributed by atoms with Gasteiger partial charge < -0.3 is 24.4 Å². The van der Waals surface area contributed by atoms with Gasteiger partial charge in [0.1, 0.15) is 5.75 Å². The molecule has 9 heteroatoms. The summed E-state index contributed by atoms with van der Waals surface area (Å²) < 4.78 is 10.7. The van der Waals surface area contributed by atoms with Crippen molar-refractivity contribution in [2.75, 3.05) is 51.3 Å². The molecule has 2 aromatic rings. The summed E-state index contributed by atoms with van der Waals surface area (Å²) in [5.74, 6) is 3.51. The molecule has 8 nitrogen and oxygen atoms in total. The number of halogens is 1. The maximum absolute atomic E-state index is 5.35. The molecule has 3 rings (SSSR count). The number of rotatable bonds is 7. The lowest BCUT2D eigenvalue weighted by atomic mass is 10.2. The van der Waals surface area contributed by atoms with Gasteiger partial charge >= 0.3 is 0 Å². The number of hydrogen-bond acceptors (Lipinski definition) is 6. The first kappa shape index (κ1) is 24.2. The molecule has 1 aromatic heterocycles. The zero-order valence-corrected chi connectivity index (χ0v) is 20.6. The number of benzene rings is 1. The summed E-state index contributed by atoms with van der Waals surface area (Å²) in [5, 5.41) is 7.42. The Balaban J connectivity index is 0.00000320. The first-order valence-electron chi connectivity index (χ1n) is 10.4. The van der Waals surface area contributed by atoms with Crippen molar-refractivity contribution in [3.05, 3.63) is 36.0 Å². The molecule has 1 aromatic carbocycles. The standard InChI is InChI=1S/C21H32N6O2.HI/c1-5-22-21(23-10-9-19-24-20(16(2)3)25-29-19)27-13-11-26(12-14-27)17-7-6-8-18(15-17)28-4;/h6-8,15-16H,5,9-14H2,1-4H3,(H,22,23);1H. The van der Waals surface area contributed by atoms with Gasteiger partial charge in [0.2, 0.25) is 5.89 Å². The van der Waals surface area contributed by atoms with Crippen LogP contribution in [0.25, 0.3) is 0 Å². The van der Waals surface area contributed by atoms with Crippen molar-refractivity contribution in [2.24, 2.45) is 4.99 Å². The van der Waals surface area contributed by atoms with Gasteiger partial charge in [0.15, 0.2) is 11.8 Å². The molecule has 1 saturated heterocycles. The molecular formula is C21H33IN6O2. The van der Waals surface area contributed by atoms with E-state index in [4.69, 9.17) is 14.3 Å². The van der Waals surface area contributed by atoms with Gasteiger partial charge in [-0.2, -0.15) is 4.98 Å². The fourth-order valence-corrected chi connectivity index (χ4v) is 3.27. The minimum absolute atomic E-state index is 0. The molecule has 1 fully saturated rings. The Kier molecular flexibility index (Phi) is 9.67. The minimum atomic E-state index is 0. The van der Waals surface area contributed by atoms with Crippen LogP contribution in [0, 0.1) is 0 Å². The highest BCUT2D eigenvalue weighted by Crippen LogP contribution is 2.22. The smallest absolute Gasteiger partial charge is 0.228 e. The van der Waals surface area contributed by atoms with Crippen molar-refractivity contribution in [1.82, 2.24) is 20.4 Å². The molecule has 166 valence electrons. The van der Waals surface area contributed by atoms with E-state index in [-0.39, 0.29) is 29.9 Å². The van der Waals surface area contributed by atoms with Crippen LogP contribution in [0.4, 0.5) is 5.69 Å². The Morgan fingerprint density at radius 2 is 2.03 bits per heavy atom. The quantitative estimate of drug-likeness (QED) is 0.336. The number of nitrogens with zero attached hydrogens (tertiary/aromatic N) is 5. The maximum Gasteiger partial charge on any atom is 0.228 e. The fraction of sp³-hybridized carbons (Fsp3) is 0.571. The molecule has 30 heavy (non-hydrogen) atoms. The van der Waals surface area contributed by atoms with Crippen LogP contribution >= 0.6 is 24.0 Å². The highest BCUT2D eigenvalue weighted by atomic mass is 127. The van der Waals surface area contributed by atoms with Gasteiger partial charge in [0.05, 0.1) is 13.7 Å². The topological polar surface area (TPSA) is 79.0 Å². The Morgan fingerprint density at radius 3 is 2.67 bits per heavy atom. The van der Waals surface area contributed by atoms with Gasteiger partial charge in [-0.05, 0) is 19.1 Å². The highest BCUT2D eigenvalue weighted by Gasteiger charge is 2.20.